The van der Waals surface area contributed by atoms with Gasteiger partial charge in [0.05, 0.1) is 12.8 Å². The third-order valence-electron chi connectivity index (χ3n) is 6.04. The van der Waals surface area contributed by atoms with Gasteiger partial charge in [-0.05, 0) is 42.8 Å². The summed E-state index contributed by atoms with van der Waals surface area (Å²) in [7, 11) is -2.26. The fourth-order valence-corrected chi connectivity index (χ4v) is 6.85. The standard InChI is InChI=1S/C22H19ClN2O4S/c1-29-20-11-10-19(17-4-2-3-5-18(17)20)24-21(26)22-12-14(22)13-25(30(22,27)28)16-8-6-15(23)7-9-16/h2-11,14H,12-13H2,1H3,(H,24,26)/t14-,22+/m0/s1. The van der Waals surface area contributed by atoms with Gasteiger partial charge in [-0.1, -0.05) is 35.9 Å². The Hall–Kier alpha value is -2.77. The van der Waals surface area contributed by atoms with Crippen molar-refractivity contribution in [3.63, 3.8) is 0 Å². The number of sulfonamides is 1. The molecule has 3 aromatic carbocycles. The van der Waals surface area contributed by atoms with E-state index in [2.05, 4.69) is 5.32 Å². The lowest BCUT2D eigenvalue weighted by atomic mass is 10.1. The number of nitrogens with zero attached hydrogens (tertiary/aromatic N) is 1. The molecule has 0 spiro atoms. The van der Waals surface area contributed by atoms with Crippen LogP contribution < -0.4 is 14.4 Å². The highest BCUT2D eigenvalue weighted by Crippen LogP contribution is 2.58. The lowest BCUT2D eigenvalue weighted by Gasteiger charge is -2.23. The molecule has 30 heavy (non-hydrogen) atoms. The maximum atomic E-state index is 13.3. The quantitative estimate of drug-likeness (QED) is 0.661. The van der Waals surface area contributed by atoms with E-state index in [1.807, 2.05) is 24.3 Å². The predicted molar refractivity (Wildman–Crippen MR) is 118 cm³/mol. The summed E-state index contributed by atoms with van der Waals surface area (Å²) in [6.07, 6.45) is 0.333. The van der Waals surface area contributed by atoms with Crippen molar-refractivity contribution in [1.29, 1.82) is 0 Å². The third-order valence-corrected chi connectivity index (χ3v) is 8.83. The van der Waals surface area contributed by atoms with Gasteiger partial charge in [-0.25, -0.2) is 8.42 Å². The normalized spacial score (nSPS) is 23.8. The summed E-state index contributed by atoms with van der Waals surface area (Å²) in [6.45, 7) is 0.292. The lowest BCUT2D eigenvalue weighted by Crippen LogP contribution is -2.42. The first-order valence-corrected chi connectivity index (χ1v) is 11.4. The minimum Gasteiger partial charge on any atom is -0.496 e. The van der Waals surface area contributed by atoms with Crippen molar-refractivity contribution < 1.29 is 17.9 Å². The van der Waals surface area contributed by atoms with Crippen LogP contribution in [0.2, 0.25) is 5.02 Å². The second kappa shape index (κ2) is 6.62. The van der Waals surface area contributed by atoms with Crippen LogP contribution in [-0.2, 0) is 14.8 Å². The number of benzene rings is 3. The number of methoxy groups -OCH3 is 1. The van der Waals surface area contributed by atoms with Crippen LogP contribution >= 0.6 is 11.6 Å². The molecular weight excluding hydrogens is 424 g/mol. The highest BCUT2D eigenvalue weighted by Gasteiger charge is 2.75. The zero-order valence-corrected chi connectivity index (χ0v) is 17.7. The van der Waals surface area contributed by atoms with Gasteiger partial charge in [0.25, 0.3) is 0 Å². The highest BCUT2D eigenvalue weighted by molar-refractivity contribution is 7.95. The van der Waals surface area contributed by atoms with Crippen molar-refractivity contribution in [3.05, 3.63) is 65.7 Å². The van der Waals surface area contributed by atoms with Crippen LogP contribution in [0.15, 0.2) is 60.7 Å². The van der Waals surface area contributed by atoms with Crippen LogP contribution in [0.5, 0.6) is 5.75 Å². The van der Waals surface area contributed by atoms with Crippen LogP contribution in [0.1, 0.15) is 6.42 Å². The van der Waals surface area contributed by atoms with Crippen LogP contribution in [0.3, 0.4) is 0 Å². The Morgan fingerprint density at radius 1 is 1.10 bits per heavy atom. The van der Waals surface area contributed by atoms with E-state index in [-0.39, 0.29) is 5.92 Å². The van der Waals surface area contributed by atoms with E-state index in [0.29, 0.717) is 35.1 Å². The van der Waals surface area contributed by atoms with Crippen LogP contribution in [0.25, 0.3) is 10.8 Å². The second-order valence-electron chi connectivity index (χ2n) is 7.62. The molecule has 5 rings (SSSR count). The first kappa shape index (κ1) is 19.2. The first-order valence-electron chi connectivity index (χ1n) is 9.53. The van der Waals surface area contributed by atoms with Gasteiger partial charge in [0.2, 0.25) is 15.9 Å². The van der Waals surface area contributed by atoms with E-state index >= 15 is 0 Å². The van der Waals surface area contributed by atoms with E-state index in [4.69, 9.17) is 16.3 Å². The van der Waals surface area contributed by atoms with Gasteiger partial charge >= 0.3 is 0 Å². The smallest absolute Gasteiger partial charge is 0.250 e. The minimum atomic E-state index is -3.85. The van der Waals surface area contributed by atoms with Crippen LogP contribution in [0.4, 0.5) is 11.4 Å². The van der Waals surface area contributed by atoms with Gasteiger partial charge in [-0.15, -0.1) is 0 Å². The molecule has 0 bridgehead atoms. The van der Waals surface area contributed by atoms with Crippen molar-refractivity contribution in [2.75, 3.05) is 23.3 Å². The number of carbonyl (C=O) groups excluding carboxylic acids is 1. The molecule has 0 aromatic heterocycles. The van der Waals surface area contributed by atoms with Crippen molar-refractivity contribution in [1.82, 2.24) is 0 Å². The summed E-state index contributed by atoms with van der Waals surface area (Å²) in [5, 5.41) is 5.04. The molecule has 1 heterocycles. The lowest BCUT2D eigenvalue weighted by molar-refractivity contribution is -0.116. The molecule has 2 fully saturated rings. The zero-order chi connectivity index (χ0) is 21.1. The molecule has 1 N–H and O–H groups in total. The minimum absolute atomic E-state index is 0.234. The molecule has 6 nitrogen and oxygen atoms in total. The molecule has 2 aliphatic rings. The molecule has 2 atom stereocenters. The van der Waals surface area contributed by atoms with Crippen molar-refractivity contribution in [2.24, 2.45) is 5.92 Å². The maximum absolute atomic E-state index is 13.3. The Balaban J connectivity index is 1.48. The number of nitrogens with one attached hydrogen (secondary N) is 1. The zero-order valence-electron chi connectivity index (χ0n) is 16.1. The van der Waals surface area contributed by atoms with E-state index in [1.54, 1.807) is 43.5 Å². The van der Waals surface area contributed by atoms with Crippen LogP contribution in [0, 0.1) is 5.92 Å². The molecule has 1 amide bonds. The fourth-order valence-electron chi connectivity index (χ4n) is 4.36. The SMILES string of the molecule is COc1ccc(NC(=O)[C@@]23C[C@H]2CN(c2ccc(Cl)cc2)S3(=O)=O)c2ccccc12. The number of anilines is 2. The molecule has 8 heteroatoms. The molecule has 3 aromatic rings. The Morgan fingerprint density at radius 3 is 2.50 bits per heavy atom. The molecule has 1 saturated heterocycles. The molecular formula is C22H19ClN2O4S. The maximum Gasteiger partial charge on any atom is 0.250 e. The van der Waals surface area contributed by atoms with Gasteiger partial charge in [-0.2, -0.15) is 0 Å². The van der Waals surface area contributed by atoms with E-state index in [1.165, 1.54) is 4.31 Å². The summed E-state index contributed by atoms with van der Waals surface area (Å²) in [4.78, 5) is 13.3. The number of hydrogen-bond donors (Lipinski definition) is 1. The van der Waals surface area contributed by atoms with Gasteiger partial charge in [-0.3, -0.25) is 9.10 Å². The number of rotatable bonds is 4. The summed E-state index contributed by atoms with van der Waals surface area (Å²) < 4.78 is 32.0. The number of ether oxygens (including phenoxy) is 1. The first-order chi connectivity index (χ1) is 14.4. The molecule has 1 aliphatic carbocycles. The molecule has 0 unspecified atom stereocenters. The second-order valence-corrected chi connectivity index (χ2v) is 10.2. The van der Waals surface area contributed by atoms with Gasteiger partial charge in [0, 0.05) is 33.9 Å². The third kappa shape index (κ3) is 2.62. The van der Waals surface area contributed by atoms with Gasteiger partial charge in [0.1, 0.15) is 5.75 Å². The molecule has 154 valence electrons. The van der Waals surface area contributed by atoms with E-state index in [9.17, 15) is 13.2 Å². The largest absolute Gasteiger partial charge is 0.496 e. The Kier molecular flexibility index (Phi) is 4.24. The van der Waals surface area contributed by atoms with Gasteiger partial charge in [0.15, 0.2) is 4.75 Å². The Morgan fingerprint density at radius 2 is 1.80 bits per heavy atom. The van der Waals surface area contributed by atoms with Crippen molar-refractivity contribution in [2.45, 2.75) is 11.2 Å². The van der Waals surface area contributed by atoms with Crippen molar-refractivity contribution >= 4 is 49.7 Å². The number of amides is 1. The summed E-state index contributed by atoms with van der Waals surface area (Å²) in [5.74, 6) is -0.0320. The number of hydrogen-bond acceptors (Lipinski definition) is 4. The number of fused-ring (bicyclic) bond motifs is 2. The average Bonchev–Trinajstić information content (AvgIpc) is 3.44. The molecule has 0 radical (unpaired) electrons. The van der Waals surface area contributed by atoms with E-state index < -0.39 is 20.7 Å². The van der Waals surface area contributed by atoms with Crippen molar-refractivity contribution in [3.8, 4) is 5.75 Å². The Bertz CT molecular complexity index is 1280. The summed E-state index contributed by atoms with van der Waals surface area (Å²) >= 11 is 5.92. The van der Waals surface area contributed by atoms with E-state index in [0.717, 1.165) is 10.8 Å². The Labute approximate surface area is 179 Å². The number of halogens is 1. The van der Waals surface area contributed by atoms with Gasteiger partial charge < -0.3 is 10.1 Å². The monoisotopic (exact) mass is 442 g/mol. The molecule has 1 aliphatic heterocycles. The molecule has 1 saturated carbocycles. The van der Waals surface area contributed by atoms with Crippen LogP contribution in [-0.4, -0.2) is 32.7 Å². The summed E-state index contributed by atoms with van der Waals surface area (Å²) in [5.41, 5.74) is 1.09. The topological polar surface area (TPSA) is 75.7 Å². The fraction of sp³-hybridized carbons (Fsp3) is 0.227. The average molecular weight is 443 g/mol. The highest BCUT2D eigenvalue weighted by atomic mass is 35.5. The number of carbonyl (C=O) groups is 1. The predicted octanol–water partition coefficient (Wildman–Crippen LogP) is 4.05. The summed E-state index contributed by atoms with van der Waals surface area (Å²) in [6, 6.07) is 17.6.